The van der Waals surface area contributed by atoms with Crippen LogP contribution in [0.25, 0.3) is 0 Å². The Morgan fingerprint density at radius 3 is 2.88 bits per heavy atom. The molecule has 0 bridgehead atoms. The minimum Gasteiger partial charge on any atom is -0.312 e. The highest BCUT2D eigenvalue weighted by Gasteiger charge is 2.25. The molecule has 0 aliphatic carbocycles. The van der Waals surface area contributed by atoms with E-state index in [1.807, 2.05) is 11.3 Å². The first kappa shape index (κ1) is 13.1. The lowest BCUT2D eigenvalue weighted by Gasteiger charge is -2.30. The molecule has 2 atom stereocenters. The summed E-state index contributed by atoms with van der Waals surface area (Å²) >= 11 is 1.87. The topological polar surface area (TPSA) is 15.3 Å². The van der Waals surface area contributed by atoms with Crippen molar-refractivity contribution in [1.82, 2.24) is 10.2 Å². The van der Waals surface area contributed by atoms with Crippen molar-refractivity contribution in [2.24, 2.45) is 5.92 Å². The number of hydrogen-bond acceptors (Lipinski definition) is 3. The zero-order chi connectivity index (χ0) is 12.3. The van der Waals surface area contributed by atoms with Gasteiger partial charge in [0.1, 0.15) is 0 Å². The van der Waals surface area contributed by atoms with E-state index >= 15 is 0 Å². The second-order valence-electron chi connectivity index (χ2n) is 5.43. The van der Waals surface area contributed by atoms with Gasteiger partial charge in [0.25, 0.3) is 0 Å². The third-order valence-electron chi connectivity index (χ3n) is 3.79. The average Bonchev–Trinajstić information content (AvgIpc) is 2.90. The highest BCUT2D eigenvalue weighted by atomic mass is 32.1. The van der Waals surface area contributed by atoms with Crippen LogP contribution in [0.3, 0.4) is 0 Å². The van der Waals surface area contributed by atoms with E-state index in [2.05, 4.69) is 48.5 Å². The van der Waals surface area contributed by atoms with Crippen molar-refractivity contribution in [2.75, 3.05) is 13.1 Å². The molecule has 2 heterocycles. The Bertz CT molecular complexity index is 321. The predicted octanol–water partition coefficient (Wildman–Crippen LogP) is 2.96. The molecular weight excluding hydrogens is 228 g/mol. The molecule has 2 unspecified atom stereocenters. The second-order valence-corrected chi connectivity index (χ2v) is 6.46. The molecule has 1 aliphatic heterocycles. The van der Waals surface area contributed by atoms with Crippen LogP contribution in [-0.2, 0) is 6.54 Å². The molecule has 3 heteroatoms. The molecule has 0 radical (unpaired) electrons. The molecule has 1 fully saturated rings. The van der Waals surface area contributed by atoms with E-state index in [1.54, 1.807) is 0 Å². The number of nitrogens with zero attached hydrogens (tertiary/aromatic N) is 1. The lowest BCUT2D eigenvalue weighted by atomic mass is 10.0. The summed E-state index contributed by atoms with van der Waals surface area (Å²) in [7, 11) is 0. The minimum atomic E-state index is 0.617. The number of rotatable bonds is 5. The molecule has 2 rings (SSSR count). The van der Waals surface area contributed by atoms with Gasteiger partial charge in [-0.1, -0.05) is 13.0 Å². The van der Waals surface area contributed by atoms with E-state index in [9.17, 15) is 0 Å². The Kier molecular flexibility index (Phi) is 4.60. The van der Waals surface area contributed by atoms with E-state index in [-0.39, 0.29) is 0 Å². The Morgan fingerprint density at radius 1 is 1.53 bits per heavy atom. The fourth-order valence-corrected chi connectivity index (χ4v) is 3.19. The fourth-order valence-electron chi connectivity index (χ4n) is 2.46. The Hall–Kier alpha value is -0.380. The highest BCUT2D eigenvalue weighted by molar-refractivity contribution is 7.09. The van der Waals surface area contributed by atoms with Gasteiger partial charge >= 0.3 is 0 Å². The van der Waals surface area contributed by atoms with E-state index in [0.29, 0.717) is 12.1 Å². The molecule has 0 saturated carbocycles. The van der Waals surface area contributed by atoms with Crippen LogP contribution in [0, 0.1) is 5.92 Å². The summed E-state index contributed by atoms with van der Waals surface area (Å²) in [5, 5.41) is 5.80. The quantitative estimate of drug-likeness (QED) is 0.867. The smallest absolute Gasteiger partial charge is 0.0331 e. The van der Waals surface area contributed by atoms with E-state index < -0.39 is 0 Å². The summed E-state index contributed by atoms with van der Waals surface area (Å²) in [4.78, 5) is 4.06. The average molecular weight is 252 g/mol. The standard InChI is InChI=1S/C14H24N2S/c1-11(2)16(9-13-5-4-8-17-13)10-14-12(3)6-7-15-14/h4-5,8,11-12,14-15H,6-7,9-10H2,1-3H3. The van der Waals surface area contributed by atoms with Crippen molar-refractivity contribution >= 4 is 11.3 Å². The van der Waals surface area contributed by atoms with Crippen LogP contribution in [-0.4, -0.2) is 30.1 Å². The summed E-state index contributed by atoms with van der Waals surface area (Å²) in [6.07, 6.45) is 1.33. The molecule has 96 valence electrons. The molecule has 1 aromatic rings. The maximum atomic E-state index is 3.63. The third-order valence-corrected chi connectivity index (χ3v) is 4.65. The summed E-state index contributed by atoms with van der Waals surface area (Å²) in [5.41, 5.74) is 0. The summed E-state index contributed by atoms with van der Waals surface area (Å²) < 4.78 is 0. The van der Waals surface area contributed by atoms with Crippen molar-refractivity contribution in [3.05, 3.63) is 22.4 Å². The third kappa shape index (κ3) is 3.54. The van der Waals surface area contributed by atoms with Crippen LogP contribution in [0.4, 0.5) is 0 Å². The van der Waals surface area contributed by atoms with Crippen LogP contribution in [0.15, 0.2) is 17.5 Å². The lowest BCUT2D eigenvalue weighted by Crippen LogP contribution is -2.42. The number of thiophene rings is 1. The molecule has 0 amide bonds. The monoisotopic (exact) mass is 252 g/mol. The summed E-state index contributed by atoms with van der Waals surface area (Å²) in [5.74, 6) is 0.819. The SMILES string of the molecule is CC1CCNC1CN(Cc1cccs1)C(C)C. The van der Waals surface area contributed by atoms with Crippen molar-refractivity contribution in [1.29, 1.82) is 0 Å². The first-order valence-electron chi connectivity index (χ1n) is 6.66. The van der Waals surface area contributed by atoms with Crippen molar-refractivity contribution in [2.45, 2.75) is 45.8 Å². The zero-order valence-corrected chi connectivity index (χ0v) is 12.0. The summed E-state index contributed by atoms with van der Waals surface area (Å²) in [6, 6.07) is 5.68. The predicted molar refractivity (Wildman–Crippen MR) is 75.4 cm³/mol. The minimum absolute atomic E-state index is 0.617. The molecule has 1 aromatic heterocycles. The lowest BCUT2D eigenvalue weighted by molar-refractivity contribution is 0.184. The Morgan fingerprint density at radius 2 is 2.35 bits per heavy atom. The van der Waals surface area contributed by atoms with Crippen LogP contribution >= 0.6 is 11.3 Å². The second kappa shape index (κ2) is 5.98. The Balaban J connectivity index is 1.93. The van der Waals surface area contributed by atoms with Crippen molar-refractivity contribution in [3.63, 3.8) is 0 Å². The molecular formula is C14H24N2S. The van der Waals surface area contributed by atoms with Crippen molar-refractivity contribution < 1.29 is 0 Å². The van der Waals surface area contributed by atoms with Gasteiger partial charge in [-0.15, -0.1) is 11.3 Å². The molecule has 1 saturated heterocycles. The maximum Gasteiger partial charge on any atom is 0.0331 e. The molecule has 1 N–H and O–H groups in total. The number of nitrogens with one attached hydrogen (secondary N) is 1. The molecule has 0 aromatic carbocycles. The molecule has 0 spiro atoms. The zero-order valence-electron chi connectivity index (χ0n) is 11.1. The van der Waals surface area contributed by atoms with Crippen LogP contribution < -0.4 is 5.32 Å². The molecule has 17 heavy (non-hydrogen) atoms. The van der Waals surface area contributed by atoms with Gasteiger partial charge < -0.3 is 5.32 Å². The molecule has 2 nitrogen and oxygen atoms in total. The Labute approximate surface area is 109 Å². The van der Waals surface area contributed by atoms with Gasteiger partial charge in [-0.25, -0.2) is 0 Å². The van der Waals surface area contributed by atoms with E-state index in [1.165, 1.54) is 24.4 Å². The normalized spacial score (nSPS) is 25.0. The van der Waals surface area contributed by atoms with Gasteiger partial charge in [0.2, 0.25) is 0 Å². The van der Waals surface area contributed by atoms with Gasteiger partial charge in [-0.2, -0.15) is 0 Å². The van der Waals surface area contributed by atoms with Crippen molar-refractivity contribution in [3.8, 4) is 0 Å². The van der Waals surface area contributed by atoms with E-state index in [0.717, 1.165) is 12.5 Å². The van der Waals surface area contributed by atoms with E-state index in [4.69, 9.17) is 0 Å². The highest BCUT2D eigenvalue weighted by Crippen LogP contribution is 2.19. The first-order chi connectivity index (χ1) is 8.16. The first-order valence-corrected chi connectivity index (χ1v) is 7.54. The maximum absolute atomic E-state index is 3.63. The van der Waals surface area contributed by atoms with Gasteiger partial charge in [-0.3, -0.25) is 4.90 Å². The number of hydrogen-bond donors (Lipinski definition) is 1. The van der Waals surface area contributed by atoms with Gasteiger partial charge in [0, 0.05) is 30.1 Å². The van der Waals surface area contributed by atoms with Gasteiger partial charge in [-0.05, 0) is 44.2 Å². The van der Waals surface area contributed by atoms with Crippen LogP contribution in [0.1, 0.15) is 32.1 Å². The van der Waals surface area contributed by atoms with Gasteiger partial charge in [0.15, 0.2) is 0 Å². The fraction of sp³-hybridized carbons (Fsp3) is 0.714. The van der Waals surface area contributed by atoms with Gasteiger partial charge in [0.05, 0.1) is 0 Å². The van der Waals surface area contributed by atoms with Crippen LogP contribution in [0.2, 0.25) is 0 Å². The largest absolute Gasteiger partial charge is 0.312 e. The molecule has 1 aliphatic rings. The summed E-state index contributed by atoms with van der Waals surface area (Å²) in [6.45, 7) is 10.4. The van der Waals surface area contributed by atoms with Crippen LogP contribution in [0.5, 0.6) is 0 Å².